The lowest BCUT2D eigenvalue weighted by Gasteiger charge is -2.15. The summed E-state index contributed by atoms with van der Waals surface area (Å²) in [5, 5.41) is 3.63. The Hall–Kier alpha value is -3.15. The van der Waals surface area contributed by atoms with Gasteiger partial charge in [0.1, 0.15) is 0 Å². The van der Waals surface area contributed by atoms with Gasteiger partial charge in [0.15, 0.2) is 0 Å². The van der Waals surface area contributed by atoms with Gasteiger partial charge in [-0.3, -0.25) is 18.7 Å². The molecule has 2 aromatic carbocycles. The molecule has 0 saturated heterocycles. The molecule has 3 aromatic rings. The Morgan fingerprint density at radius 2 is 1.78 bits per heavy atom. The van der Waals surface area contributed by atoms with Gasteiger partial charge in [-0.2, -0.15) is 0 Å². The fourth-order valence-corrected chi connectivity index (χ4v) is 4.64. The molecule has 0 atom stereocenters. The van der Waals surface area contributed by atoms with Crippen LogP contribution in [0.1, 0.15) is 56.1 Å². The molecule has 168 valence electrons. The molecular weight excluding hydrogens is 402 g/mol. The number of hydrogen-bond acceptors (Lipinski definition) is 3. The molecule has 0 unspecified atom stereocenters. The summed E-state index contributed by atoms with van der Waals surface area (Å²) in [6.45, 7) is 2.74. The summed E-state index contributed by atoms with van der Waals surface area (Å²) in [4.78, 5) is 38.5. The Morgan fingerprint density at radius 3 is 2.56 bits per heavy atom. The molecule has 0 spiro atoms. The number of nitrogens with one attached hydrogen (secondary N) is 1. The second-order valence-corrected chi connectivity index (χ2v) is 8.84. The number of fused-ring (bicyclic) bond motifs is 1. The van der Waals surface area contributed by atoms with Crippen molar-refractivity contribution in [3.63, 3.8) is 0 Å². The Labute approximate surface area is 187 Å². The first-order chi connectivity index (χ1) is 15.5. The van der Waals surface area contributed by atoms with Crippen LogP contribution in [0.2, 0.25) is 0 Å². The third kappa shape index (κ3) is 5.01. The number of aryl methyl sites for hydroxylation is 1. The topological polar surface area (TPSA) is 73.1 Å². The highest BCUT2D eigenvalue weighted by Gasteiger charge is 2.17. The maximum absolute atomic E-state index is 13.3. The summed E-state index contributed by atoms with van der Waals surface area (Å²) in [5.41, 5.74) is 2.23. The average molecular weight is 434 g/mol. The van der Waals surface area contributed by atoms with Crippen LogP contribution in [0.25, 0.3) is 10.9 Å². The largest absolute Gasteiger partial charge is 0.353 e. The van der Waals surface area contributed by atoms with E-state index in [9.17, 15) is 14.4 Å². The van der Waals surface area contributed by atoms with Crippen LogP contribution in [0.3, 0.4) is 0 Å². The molecule has 0 radical (unpaired) electrons. The third-order valence-electron chi connectivity index (χ3n) is 6.31. The van der Waals surface area contributed by atoms with Crippen molar-refractivity contribution >= 4 is 16.8 Å². The first-order valence-electron chi connectivity index (χ1n) is 11.6. The van der Waals surface area contributed by atoms with Gasteiger partial charge in [0, 0.05) is 19.0 Å². The van der Waals surface area contributed by atoms with E-state index in [0.29, 0.717) is 49.3 Å². The zero-order chi connectivity index (χ0) is 22.5. The minimum absolute atomic E-state index is 0.0691. The number of benzene rings is 2. The number of hydrogen-bond donors (Lipinski definition) is 1. The zero-order valence-corrected chi connectivity index (χ0v) is 18.7. The number of aromatic nitrogens is 2. The van der Waals surface area contributed by atoms with Crippen molar-refractivity contribution in [3.05, 3.63) is 80.5 Å². The van der Waals surface area contributed by atoms with Crippen LogP contribution >= 0.6 is 0 Å². The van der Waals surface area contributed by atoms with E-state index in [1.807, 2.05) is 43.3 Å². The average Bonchev–Trinajstić information content (AvgIpc) is 3.29. The number of carbonyl (C=O) groups is 1. The van der Waals surface area contributed by atoms with Crippen LogP contribution in [0, 0.1) is 6.92 Å². The van der Waals surface area contributed by atoms with Gasteiger partial charge in [-0.1, -0.05) is 54.8 Å². The summed E-state index contributed by atoms with van der Waals surface area (Å²) in [7, 11) is 0. The van der Waals surface area contributed by atoms with Gasteiger partial charge in [0.25, 0.3) is 5.56 Å². The van der Waals surface area contributed by atoms with E-state index in [0.717, 1.165) is 24.0 Å². The summed E-state index contributed by atoms with van der Waals surface area (Å²) < 4.78 is 3.01. The van der Waals surface area contributed by atoms with Crippen molar-refractivity contribution in [1.82, 2.24) is 14.5 Å². The Morgan fingerprint density at radius 1 is 1.00 bits per heavy atom. The highest BCUT2D eigenvalue weighted by molar-refractivity contribution is 5.78. The van der Waals surface area contributed by atoms with E-state index in [-0.39, 0.29) is 17.2 Å². The molecule has 4 rings (SSSR count). The van der Waals surface area contributed by atoms with Gasteiger partial charge < -0.3 is 5.32 Å². The van der Waals surface area contributed by atoms with E-state index < -0.39 is 0 Å². The van der Waals surface area contributed by atoms with E-state index in [1.165, 1.54) is 17.4 Å². The number of carbonyl (C=O) groups excluding carboxylic acids is 1. The number of rotatable bonds is 8. The van der Waals surface area contributed by atoms with Gasteiger partial charge in [-0.15, -0.1) is 0 Å². The minimum Gasteiger partial charge on any atom is -0.353 e. The molecule has 0 bridgehead atoms. The normalized spacial score (nSPS) is 14.2. The van der Waals surface area contributed by atoms with Crippen molar-refractivity contribution in [3.8, 4) is 0 Å². The zero-order valence-electron chi connectivity index (χ0n) is 18.7. The van der Waals surface area contributed by atoms with Crippen LogP contribution in [-0.2, 0) is 17.9 Å². The molecule has 1 N–H and O–H groups in total. The third-order valence-corrected chi connectivity index (χ3v) is 6.31. The van der Waals surface area contributed by atoms with Gasteiger partial charge in [0.2, 0.25) is 5.91 Å². The fraction of sp³-hybridized carbons (Fsp3) is 0.423. The van der Waals surface area contributed by atoms with E-state index >= 15 is 0 Å². The SMILES string of the molecule is Cc1cccc(Cn2c(=O)n(CCCCC(=O)NC3CCCC3)c(=O)c3ccccc32)c1. The Kier molecular flexibility index (Phi) is 6.88. The molecule has 6 heteroatoms. The lowest BCUT2D eigenvalue weighted by atomic mass is 10.1. The highest BCUT2D eigenvalue weighted by Crippen LogP contribution is 2.18. The molecule has 0 aliphatic heterocycles. The van der Waals surface area contributed by atoms with Crippen molar-refractivity contribution in [1.29, 1.82) is 0 Å². The Bertz CT molecular complexity index is 1220. The summed E-state index contributed by atoms with van der Waals surface area (Å²) >= 11 is 0. The lowest BCUT2D eigenvalue weighted by Crippen LogP contribution is -2.40. The second-order valence-electron chi connectivity index (χ2n) is 8.84. The standard InChI is InChI=1S/C26H31N3O3/c1-19-9-8-10-20(17-19)18-29-23-14-5-4-13-22(23)25(31)28(26(29)32)16-7-6-15-24(30)27-21-11-2-3-12-21/h4-5,8-10,13-14,17,21H,2-3,6-7,11-12,15-16,18H2,1H3,(H,27,30). The summed E-state index contributed by atoms with van der Waals surface area (Å²) in [6, 6.07) is 15.6. The first kappa shape index (κ1) is 22.1. The number of amides is 1. The first-order valence-corrected chi connectivity index (χ1v) is 11.6. The molecule has 1 saturated carbocycles. The maximum Gasteiger partial charge on any atom is 0.331 e. The molecule has 32 heavy (non-hydrogen) atoms. The van der Waals surface area contributed by atoms with E-state index in [2.05, 4.69) is 11.4 Å². The Balaban J connectivity index is 1.51. The molecule has 6 nitrogen and oxygen atoms in total. The van der Waals surface area contributed by atoms with E-state index in [1.54, 1.807) is 10.6 Å². The van der Waals surface area contributed by atoms with Crippen molar-refractivity contribution in [2.75, 3.05) is 0 Å². The molecule has 1 aliphatic rings. The maximum atomic E-state index is 13.3. The van der Waals surface area contributed by atoms with Crippen LogP contribution in [0.15, 0.2) is 58.1 Å². The predicted molar refractivity (Wildman–Crippen MR) is 127 cm³/mol. The highest BCUT2D eigenvalue weighted by atomic mass is 16.2. The molecule has 1 heterocycles. The van der Waals surface area contributed by atoms with Gasteiger partial charge >= 0.3 is 5.69 Å². The summed E-state index contributed by atoms with van der Waals surface area (Å²) in [6.07, 6.45) is 6.19. The van der Waals surface area contributed by atoms with Gasteiger partial charge in [-0.05, 0) is 50.3 Å². The number of unbranched alkanes of at least 4 members (excludes halogenated alkanes) is 1. The number of para-hydroxylation sites is 1. The van der Waals surface area contributed by atoms with Crippen molar-refractivity contribution in [2.45, 2.75) is 71.0 Å². The van der Waals surface area contributed by atoms with Gasteiger partial charge in [0.05, 0.1) is 17.4 Å². The summed E-state index contributed by atoms with van der Waals surface area (Å²) in [5.74, 6) is 0.0691. The lowest BCUT2D eigenvalue weighted by molar-refractivity contribution is -0.121. The van der Waals surface area contributed by atoms with Gasteiger partial charge in [-0.25, -0.2) is 4.79 Å². The fourth-order valence-electron chi connectivity index (χ4n) is 4.64. The number of nitrogens with zero attached hydrogens (tertiary/aromatic N) is 2. The monoisotopic (exact) mass is 433 g/mol. The molecule has 1 aromatic heterocycles. The quantitative estimate of drug-likeness (QED) is 0.550. The predicted octanol–water partition coefficient (Wildman–Crippen LogP) is 3.75. The van der Waals surface area contributed by atoms with Crippen LogP contribution in [-0.4, -0.2) is 21.1 Å². The minimum atomic E-state index is -0.300. The molecule has 1 amide bonds. The smallest absolute Gasteiger partial charge is 0.331 e. The second kappa shape index (κ2) is 9.98. The van der Waals surface area contributed by atoms with Crippen molar-refractivity contribution in [2.24, 2.45) is 0 Å². The van der Waals surface area contributed by atoms with Crippen LogP contribution in [0.5, 0.6) is 0 Å². The molecular formula is C26H31N3O3. The molecule has 1 fully saturated rings. The van der Waals surface area contributed by atoms with Crippen LogP contribution in [0.4, 0.5) is 0 Å². The molecule has 1 aliphatic carbocycles. The van der Waals surface area contributed by atoms with Crippen molar-refractivity contribution < 1.29 is 4.79 Å². The van der Waals surface area contributed by atoms with Crippen LogP contribution < -0.4 is 16.6 Å². The van der Waals surface area contributed by atoms with E-state index in [4.69, 9.17) is 0 Å².